The van der Waals surface area contributed by atoms with Crippen LogP contribution in [0.25, 0.3) is 6.08 Å². The third-order valence-electron chi connectivity index (χ3n) is 12.6. The molecule has 4 aliphatic heterocycles. The molecule has 0 aliphatic carbocycles. The molecule has 5 heterocycles. The molecular weight excluding hydrogens is 789 g/mol. The van der Waals surface area contributed by atoms with Crippen LogP contribution in [0.15, 0.2) is 78.0 Å². The van der Waals surface area contributed by atoms with E-state index in [0.717, 1.165) is 130 Å². The molecule has 0 bridgehead atoms. The van der Waals surface area contributed by atoms with Crippen molar-refractivity contribution in [3.05, 3.63) is 101 Å². The summed E-state index contributed by atoms with van der Waals surface area (Å²) in [5, 5.41) is 5.22. The highest BCUT2D eigenvalue weighted by atomic mass is 32.2. The van der Waals surface area contributed by atoms with Gasteiger partial charge in [0.25, 0.3) is 17.7 Å². The van der Waals surface area contributed by atoms with Gasteiger partial charge in [0.05, 0.1) is 11.1 Å². The fraction of sp³-hybridized carbons (Fsp3) is 0.479. The number of nitrogens with zero attached hydrogens (tertiary/aromatic N) is 4. The number of fused-ring (bicyclic) bond motifs is 1. The lowest BCUT2D eigenvalue weighted by atomic mass is 9.88. The number of pyridine rings is 1. The Kier molecular flexibility index (Phi) is 15.5. The molecule has 322 valence electrons. The van der Waals surface area contributed by atoms with Crippen molar-refractivity contribution in [3.63, 3.8) is 0 Å². The van der Waals surface area contributed by atoms with Crippen molar-refractivity contribution in [2.45, 2.75) is 100 Å². The van der Waals surface area contributed by atoms with Crippen LogP contribution in [0.2, 0.25) is 0 Å². The lowest BCUT2D eigenvalue weighted by Crippen LogP contribution is -2.54. The minimum Gasteiger partial charge on any atom is -0.353 e. The summed E-state index contributed by atoms with van der Waals surface area (Å²) >= 11 is 1.58. The highest BCUT2D eigenvalue weighted by Gasteiger charge is 2.45. The van der Waals surface area contributed by atoms with Gasteiger partial charge in [-0.15, -0.1) is 11.8 Å². The third-order valence-corrected chi connectivity index (χ3v) is 13.8. The Morgan fingerprint density at radius 1 is 0.820 bits per heavy atom. The summed E-state index contributed by atoms with van der Waals surface area (Å²) < 4.78 is 0. The lowest BCUT2D eigenvalue weighted by molar-refractivity contribution is -0.136. The van der Waals surface area contributed by atoms with Gasteiger partial charge in [-0.25, -0.2) is 0 Å². The van der Waals surface area contributed by atoms with Gasteiger partial charge in [-0.3, -0.25) is 44.0 Å². The summed E-state index contributed by atoms with van der Waals surface area (Å²) in [4.78, 5) is 86.4. The average molecular weight is 847 g/mol. The number of piperidine rings is 3. The summed E-state index contributed by atoms with van der Waals surface area (Å²) in [7, 11) is 0. The van der Waals surface area contributed by atoms with E-state index in [1.807, 2.05) is 35.2 Å². The third kappa shape index (κ3) is 11.6. The number of unbranched alkanes of at least 4 members (excludes halogenated alkanes) is 4. The minimum atomic E-state index is -0.956. The summed E-state index contributed by atoms with van der Waals surface area (Å²) in [6.07, 6.45) is 18.8. The molecule has 2 N–H and O–H groups in total. The summed E-state index contributed by atoms with van der Waals surface area (Å²) in [5.41, 5.74) is 3.71. The summed E-state index contributed by atoms with van der Waals surface area (Å²) in [5.74, 6) is 0.127. The first-order valence-corrected chi connectivity index (χ1v) is 23.2. The van der Waals surface area contributed by atoms with Gasteiger partial charge in [-0.2, -0.15) is 0 Å². The maximum absolute atomic E-state index is 13.4. The Bertz CT molecular complexity index is 2060. The average Bonchev–Trinajstić information content (AvgIpc) is 3.54. The van der Waals surface area contributed by atoms with E-state index in [2.05, 4.69) is 32.7 Å². The van der Waals surface area contributed by atoms with Gasteiger partial charge in [0.1, 0.15) is 6.04 Å². The van der Waals surface area contributed by atoms with Crippen LogP contribution >= 0.6 is 11.8 Å². The van der Waals surface area contributed by atoms with Gasteiger partial charge < -0.3 is 15.1 Å². The number of thioether (sulfide) groups is 1. The molecule has 0 radical (unpaired) electrons. The van der Waals surface area contributed by atoms with Crippen molar-refractivity contribution in [2.24, 2.45) is 5.92 Å². The molecule has 13 heteroatoms. The monoisotopic (exact) mass is 846 g/mol. The number of nitrogens with one attached hydrogen (secondary N) is 2. The second-order valence-corrected chi connectivity index (χ2v) is 17.9. The fourth-order valence-electron chi connectivity index (χ4n) is 9.05. The smallest absolute Gasteiger partial charge is 0.263 e. The van der Waals surface area contributed by atoms with Crippen LogP contribution in [0.3, 0.4) is 0 Å². The number of imide groups is 2. The van der Waals surface area contributed by atoms with Crippen molar-refractivity contribution in [1.29, 1.82) is 0 Å². The molecule has 7 rings (SSSR count). The lowest BCUT2D eigenvalue weighted by Gasteiger charge is -2.33. The minimum absolute atomic E-state index is 0.0846. The van der Waals surface area contributed by atoms with Crippen LogP contribution in [0, 0.1) is 5.92 Å². The molecule has 2 aromatic carbocycles. The molecule has 3 saturated heterocycles. The van der Waals surface area contributed by atoms with Crippen LogP contribution in [0.4, 0.5) is 0 Å². The number of benzene rings is 2. The van der Waals surface area contributed by atoms with Crippen molar-refractivity contribution in [2.75, 3.05) is 45.0 Å². The molecule has 3 aromatic rings. The van der Waals surface area contributed by atoms with Gasteiger partial charge in [-0.1, -0.05) is 49.9 Å². The van der Waals surface area contributed by atoms with Crippen LogP contribution in [0.1, 0.15) is 132 Å². The molecule has 0 spiro atoms. The topological polar surface area (TPSA) is 149 Å². The SMILES string of the molecule is O=C(/C=C/c1cccnc1)NCCCCC1CCN(C(=O)c2ccc(C3CCN(CCCCCCSc4cccc5c4C(=O)N(C4CCC(=O)NC4=O)C5=O)CC3)cc2)CC1. The standard InChI is InChI=1S/C48H58N6O6S/c55-42(19-13-35-10-8-25-49-33-35)50-26-4-3-9-34-21-30-53(31-22-34)46(58)38-16-14-36(15-17-38)37-23-28-52(29-24-37)27-5-1-2-6-32-61-41-12-7-11-39-44(41)48(60)54(47(39)59)40-18-20-43(56)51-45(40)57/h7-8,10-17,19,25,33-34,37,40H,1-6,9,18,20-24,26-32H2,(H,50,55)(H,51,56,57)/b19-13+. The van der Waals surface area contributed by atoms with Gasteiger partial charge >= 0.3 is 0 Å². The van der Waals surface area contributed by atoms with E-state index in [4.69, 9.17) is 0 Å². The summed E-state index contributed by atoms with van der Waals surface area (Å²) in [6.45, 7) is 5.52. The highest BCUT2D eigenvalue weighted by molar-refractivity contribution is 7.99. The quantitative estimate of drug-likeness (QED) is 0.0606. The van der Waals surface area contributed by atoms with E-state index in [-0.39, 0.29) is 30.6 Å². The van der Waals surface area contributed by atoms with E-state index in [0.29, 0.717) is 29.5 Å². The van der Waals surface area contributed by atoms with Crippen LogP contribution in [0.5, 0.6) is 0 Å². The second-order valence-electron chi connectivity index (χ2n) is 16.8. The van der Waals surface area contributed by atoms with Crippen molar-refractivity contribution in [3.8, 4) is 0 Å². The molecule has 1 unspecified atom stereocenters. The Labute approximate surface area is 363 Å². The maximum atomic E-state index is 13.4. The molecule has 3 fully saturated rings. The molecule has 4 aliphatic rings. The normalized spacial score (nSPS) is 19.1. The Hall–Kier alpha value is -5.14. The number of amides is 6. The first kappa shape index (κ1) is 43.9. The Morgan fingerprint density at radius 2 is 1.61 bits per heavy atom. The molecule has 12 nitrogen and oxygen atoms in total. The Balaban J connectivity index is 0.732. The van der Waals surface area contributed by atoms with E-state index >= 15 is 0 Å². The van der Waals surface area contributed by atoms with Gasteiger partial charge in [0.15, 0.2) is 0 Å². The van der Waals surface area contributed by atoms with Crippen molar-refractivity contribution in [1.82, 2.24) is 30.3 Å². The number of hydrogen-bond donors (Lipinski definition) is 2. The molecule has 0 saturated carbocycles. The van der Waals surface area contributed by atoms with Crippen molar-refractivity contribution >= 4 is 53.3 Å². The van der Waals surface area contributed by atoms with Crippen LogP contribution in [-0.2, 0) is 14.4 Å². The van der Waals surface area contributed by atoms with E-state index in [9.17, 15) is 28.8 Å². The largest absolute Gasteiger partial charge is 0.353 e. The van der Waals surface area contributed by atoms with E-state index < -0.39 is 23.8 Å². The Morgan fingerprint density at radius 3 is 2.36 bits per heavy atom. The predicted octanol–water partition coefficient (Wildman–Crippen LogP) is 6.87. The fourth-order valence-corrected chi connectivity index (χ4v) is 10.1. The summed E-state index contributed by atoms with van der Waals surface area (Å²) in [6, 6.07) is 16.5. The van der Waals surface area contributed by atoms with Crippen LogP contribution < -0.4 is 10.6 Å². The number of carbonyl (C=O) groups is 6. The number of likely N-dealkylation sites (tertiary alicyclic amines) is 2. The predicted molar refractivity (Wildman–Crippen MR) is 236 cm³/mol. The first-order chi connectivity index (χ1) is 29.7. The number of aromatic nitrogens is 1. The zero-order valence-corrected chi connectivity index (χ0v) is 35.8. The van der Waals surface area contributed by atoms with E-state index in [1.165, 1.54) is 5.56 Å². The maximum Gasteiger partial charge on any atom is 0.263 e. The number of rotatable bonds is 18. The zero-order chi connectivity index (χ0) is 42.6. The van der Waals surface area contributed by atoms with Crippen LogP contribution in [-0.4, -0.2) is 106 Å². The zero-order valence-electron chi connectivity index (χ0n) is 35.0. The van der Waals surface area contributed by atoms with Gasteiger partial charge in [0.2, 0.25) is 17.7 Å². The second kappa shape index (κ2) is 21.6. The van der Waals surface area contributed by atoms with E-state index in [1.54, 1.807) is 48.4 Å². The highest BCUT2D eigenvalue weighted by Crippen LogP contribution is 2.35. The number of hydrogen-bond acceptors (Lipinski definition) is 9. The first-order valence-electron chi connectivity index (χ1n) is 22.2. The number of carbonyl (C=O) groups excluding carboxylic acids is 6. The molecule has 61 heavy (non-hydrogen) atoms. The van der Waals surface area contributed by atoms with Crippen molar-refractivity contribution < 1.29 is 28.8 Å². The molecular formula is C48H58N6O6S. The molecule has 1 aromatic heterocycles. The van der Waals surface area contributed by atoms with Gasteiger partial charge in [-0.05, 0) is 136 Å². The van der Waals surface area contributed by atoms with Gasteiger partial charge in [0, 0.05) is 55.0 Å². The molecule has 1 atom stereocenters. The molecule has 6 amide bonds.